The number of imide groups is 2. The number of hydrogen-bond donors (Lipinski definition) is 2. The Morgan fingerprint density at radius 3 is 2.63 bits per heavy atom. The van der Waals surface area contributed by atoms with Gasteiger partial charge in [0.25, 0.3) is 11.8 Å². The summed E-state index contributed by atoms with van der Waals surface area (Å²) in [7, 11) is 1.75. The van der Waals surface area contributed by atoms with Gasteiger partial charge in [0.15, 0.2) is 0 Å². The predicted molar refractivity (Wildman–Crippen MR) is 108 cm³/mol. The van der Waals surface area contributed by atoms with Crippen LogP contribution in [0.1, 0.15) is 58.9 Å². The number of hydrogen-bond acceptors (Lipinski definition) is 5. The summed E-state index contributed by atoms with van der Waals surface area (Å²) in [5.74, 6) is -2.05. The molecule has 1 saturated heterocycles. The van der Waals surface area contributed by atoms with Crippen LogP contribution >= 0.6 is 0 Å². The third-order valence-corrected chi connectivity index (χ3v) is 5.33. The summed E-state index contributed by atoms with van der Waals surface area (Å²) in [6.07, 6.45) is 2.43. The molecule has 9 heteroatoms. The van der Waals surface area contributed by atoms with Gasteiger partial charge in [-0.1, -0.05) is 13.0 Å². The molecule has 0 bridgehead atoms. The lowest BCUT2D eigenvalue weighted by molar-refractivity contribution is -0.136. The van der Waals surface area contributed by atoms with Crippen LogP contribution in [0, 0.1) is 0 Å². The fourth-order valence-electron chi connectivity index (χ4n) is 3.73. The first kappa shape index (κ1) is 21.5. The van der Waals surface area contributed by atoms with Crippen molar-refractivity contribution in [3.8, 4) is 0 Å². The quantitative estimate of drug-likeness (QED) is 0.512. The number of aryl methyl sites for hydroxylation is 1. The third kappa shape index (κ3) is 4.34. The van der Waals surface area contributed by atoms with Crippen molar-refractivity contribution in [3.63, 3.8) is 0 Å². The van der Waals surface area contributed by atoms with Crippen LogP contribution in [-0.2, 0) is 16.0 Å². The molecule has 1 aromatic rings. The highest BCUT2D eigenvalue weighted by Crippen LogP contribution is 2.28. The zero-order valence-electron chi connectivity index (χ0n) is 17.2. The number of urea groups is 1. The highest BCUT2D eigenvalue weighted by Gasteiger charge is 2.44. The van der Waals surface area contributed by atoms with E-state index in [1.807, 2.05) is 6.92 Å². The molecule has 2 N–H and O–H groups in total. The first-order valence-corrected chi connectivity index (χ1v) is 10.2. The van der Waals surface area contributed by atoms with E-state index in [0.717, 1.165) is 16.9 Å². The summed E-state index contributed by atoms with van der Waals surface area (Å²) in [6.45, 7) is 3.20. The van der Waals surface area contributed by atoms with Gasteiger partial charge in [0.1, 0.15) is 6.04 Å². The Labute approximate surface area is 174 Å². The van der Waals surface area contributed by atoms with Gasteiger partial charge in [-0.05, 0) is 43.4 Å². The Morgan fingerprint density at radius 1 is 1.20 bits per heavy atom. The Hall–Kier alpha value is -3.23. The van der Waals surface area contributed by atoms with Crippen molar-refractivity contribution in [1.29, 1.82) is 0 Å². The first-order chi connectivity index (χ1) is 14.3. The van der Waals surface area contributed by atoms with E-state index in [4.69, 9.17) is 0 Å². The molecule has 2 heterocycles. The molecule has 2 aliphatic heterocycles. The SMILES string of the molecule is CCCN(C)C(=O)NCCCc1ccc2c(c1)C(=O)N(C1CCC(=O)NC1=O)C2=O. The van der Waals surface area contributed by atoms with Crippen molar-refractivity contribution >= 4 is 29.7 Å². The molecule has 0 aromatic heterocycles. The highest BCUT2D eigenvalue weighted by atomic mass is 16.2. The van der Waals surface area contributed by atoms with Gasteiger partial charge in [-0.15, -0.1) is 0 Å². The predicted octanol–water partition coefficient (Wildman–Crippen LogP) is 1.07. The molecule has 1 aromatic carbocycles. The van der Waals surface area contributed by atoms with Crippen LogP contribution in [0.4, 0.5) is 4.79 Å². The number of amides is 6. The maximum absolute atomic E-state index is 12.8. The van der Waals surface area contributed by atoms with E-state index < -0.39 is 29.7 Å². The number of carbonyl (C=O) groups is 5. The molecule has 1 fully saturated rings. The number of nitrogens with zero attached hydrogens (tertiary/aromatic N) is 2. The minimum atomic E-state index is -0.964. The molecule has 0 radical (unpaired) electrons. The van der Waals surface area contributed by atoms with E-state index in [0.29, 0.717) is 25.9 Å². The summed E-state index contributed by atoms with van der Waals surface area (Å²) >= 11 is 0. The fraction of sp³-hybridized carbons (Fsp3) is 0.476. The molecule has 0 spiro atoms. The van der Waals surface area contributed by atoms with E-state index in [1.165, 1.54) is 0 Å². The van der Waals surface area contributed by atoms with Crippen molar-refractivity contribution in [1.82, 2.24) is 20.4 Å². The molecule has 6 amide bonds. The lowest BCUT2D eigenvalue weighted by Gasteiger charge is -2.27. The van der Waals surface area contributed by atoms with Crippen LogP contribution < -0.4 is 10.6 Å². The van der Waals surface area contributed by atoms with Crippen LogP contribution in [0.25, 0.3) is 0 Å². The Balaban J connectivity index is 1.61. The largest absolute Gasteiger partial charge is 0.338 e. The summed E-state index contributed by atoms with van der Waals surface area (Å²) in [5.41, 5.74) is 1.41. The average Bonchev–Trinajstić information content (AvgIpc) is 2.95. The number of nitrogens with one attached hydrogen (secondary N) is 2. The molecule has 30 heavy (non-hydrogen) atoms. The molecule has 9 nitrogen and oxygen atoms in total. The second kappa shape index (κ2) is 9.06. The Bertz CT molecular complexity index is 897. The monoisotopic (exact) mass is 414 g/mol. The van der Waals surface area contributed by atoms with Crippen LogP contribution in [0.5, 0.6) is 0 Å². The van der Waals surface area contributed by atoms with E-state index in [2.05, 4.69) is 10.6 Å². The zero-order chi connectivity index (χ0) is 21.8. The zero-order valence-corrected chi connectivity index (χ0v) is 17.2. The van der Waals surface area contributed by atoms with E-state index >= 15 is 0 Å². The molecule has 3 rings (SSSR count). The second-order valence-electron chi connectivity index (χ2n) is 7.58. The van der Waals surface area contributed by atoms with Crippen molar-refractivity contribution in [2.45, 2.75) is 45.1 Å². The van der Waals surface area contributed by atoms with Gasteiger partial charge in [-0.25, -0.2) is 4.79 Å². The second-order valence-corrected chi connectivity index (χ2v) is 7.58. The molecule has 1 atom stereocenters. The van der Waals surface area contributed by atoms with Crippen molar-refractivity contribution < 1.29 is 24.0 Å². The third-order valence-electron chi connectivity index (χ3n) is 5.33. The van der Waals surface area contributed by atoms with Gasteiger partial charge >= 0.3 is 6.03 Å². The van der Waals surface area contributed by atoms with Crippen molar-refractivity contribution in [2.24, 2.45) is 0 Å². The summed E-state index contributed by atoms with van der Waals surface area (Å²) in [4.78, 5) is 63.4. The fourth-order valence-corrected chi connectivity index (χ4v) is 3.73. The summed E-state index contributed by atoms with van der Waals surface area (Å²) < 4.78 is 0. The van der Waals surface area contributed by atoms with Crippen molar-refractivity contribution in [2.75, 3.05) is 20.1 Å². The van der Waals surface area contributed by atoms with Crippen LogP contribution in [0.3, 0.4) is 0 Å². The summed E-state index contributed by atoms with van der Waals surface area (Å²) in [5, 5.41) is 5.03. The van der Waals surface area contributed by atoms with Gasteiger partial charge in [-0.3, -0.25) is 29.4 Å². The van der Waals surface area contributed by atoms with Gasteiger partial charge < -0.3 is 10.2 Å². The number of fused-ring (bicyclic) bond motifs is 1. The number of carbonyl (C=O) groups excluding carboxylic acids is 5. The number of benzene rings is 1. The molecule has 2 aliphatic rings. The maximum Gasteiger partial charge on any atom is 0.317 e. The molecular formula is C21H26N4O5. The lowest BCUT2D eigenvalue weighted by Crippen LogP contribution is -2.54. The van der Waals surface area contributed by atoms with Gasteiger partial charge in [-0.2, -0.15) is 0 Å². The molecule has 1 unspecified atom stereocenters. The van der Waals surface area contributed by atoms with Crippen molar-refractivity contribution in [3.05, 3.63) is 34.9 Å². The topological polar surface area (TPSA) is 116 Å². The average molecular weight is 414 g/mol. The smallest absolute Gasteiger partial charge is 0.317 e. The van der Waals surface area contributed by atoms with Crippen LogP contribution in [0.15, 0.2) is 18.2 Å². The maximum atomic E-state index is 12.8. The van der Waals surface area contributed by atoms with Crippen LogP contribution in [0.2, 0.25) is 0 Å². The minimum absolute atomic E-state index is 0.0915. The molecule has 160 valence electrons. The van der Waals surface area contributed by atoms with Gasteiger partial charge in [0, 0.05) is 26.6 Å². The highest BCUT2D eigenvalue weighted by molar-refractivity contribution is 6.23. The molecule has 0 saturated carbocycles. The number of rotatable bonds is 7. The molecule has 0 aliphatic carbocycles. The van der Waals surface area contributed by atoms with E-state index in [-0.39, 0.29) is 30.0 Å². The van der Waals surface area contributed by atoms with Crippen LogP contribution in [-0.4, -0.2) is 65.6 Å². The number of piperidine rings is 1. The normalized spacial score (nSPS) is 18.3. The minimum Gasteiger partial charge on any atom is -0.338 e. The van der Waals surface area contributed by atoms with Gasteiger partial charge in [0.05, 0.1) is 11.1 Å². The first-order valence-electron chi connectivity index (χ1n) is 10.2. The van der Waals surface area contributed by atoms with E-state index in [9.17, 15) is 24.0 Å². The van der Waals surface area contributed by atoms with Gasteiger partial charge in [0.2, 0.25) is 11.8 Å². The standard InChI is InChI=1S/C21H26N4O5/c1-3-11-24(2)21(30)22-10-4-5-13-6-7-14-15(12-13)20(29)25(19(14)28)16-8-9-17(26)23-18(16)27/h6-7,12,16H,3-5,8-11H2,1-2H3,(H,22,30)(H,23,26,27). The Kier molecular flexibility index (Phi) is 6.49. The summed E-state index contributed by atoms with van der Waals surface area (Å²) in [6, 6.07) is 3.97. The van der Waals surface area contributed by atoms with E-state index in [1.54, 1.807) is 30.1 Å². The lowest BCUT2D eigenvalue weighted by atomic mass is 10.0. The Morgan fingerprint density at radius 2 is 1.93 bits per heavy atom. The molecular weight excluding hydrogens is 388 g/mol.